The second kappa shape index (κ2) is 11.6. The van der Waals surface area contributed by atoms with Gasteiger partial charge >= 0.3 is 0 Å². The van der Waals surface area contributed by atoms with Crippen LogP contribution in [0.15, 0.2) is 83.6 Å². The molecule has 0 amide bonds. The number of aliphatic imine (C=N–C) groups is 1. The third-order valence-corrected chi connectivity index (χ3v) is 5.87. The summed E-state index contributed by atoms with van der Waals surface area (Å²) in [5.41, 5.74) is 5.63. The first-order chi connectivity index (χ1) is 15.5. The number of aryl methyl sites for hydroxylation is 1. The maximum atomic E-state index is 6.34. The lowest BCUT2D eigenvalue weighted by Gasteiger charge is -2.19. The normalized spacial score (nSPS) is 11.4. The Morgan fingerprint density at radius 2 is 2.00 bits per heavy atom. The molecule has 0 aliphatic heterocycles. The van der Waals surface area contributed by atoms with Crippen LogP contribution in [0.5, 0.6) is 0 Å². The van der Waals surface area contributed by atoms with E-state index >= 15 is 0 Å². The lowest BCUT2D eigenvalue weighted by Crippen LogP contribution is -2.21. The maximum Gasteiger partial charge on any atom is 0.0888 e. The van der Waals surface area contributed by atoms with Crippen molar-refractivity contribution in [3.63, 3.8) is 0 Å². The van der Waals surface area contributed by atoms with Crippen LogP contribution < -0.4 is 4.72 Å². The molecule has 0 aliphatic rings. The summed E-state index contributed by atoms with van der Waals surface area (Å²) in [5, 5.41) is 0.619. The zero-order valence-electron chi connectivity index (χ0n) is 18.3. The summed E-state index contributed by atoms with van der Waals surface area (Å²) in [4.78, 5) is 16.0. The van der Waals surface area contributed by atoms with Gasteiger partial charge in [-0.25, -0.2) is 0 Å². The van der Waals surface area contributed by atoms with Crippen LogP contribution in [-0.4, -0.2) is 35.2 Å². The topological polar surface area (TPSA) is 53.4 Å². The Bertz CT molecular complexity index is 1110. The van der Waals surface area contributed by atoms with Gasteiger partial charge in [-0.2, -0.15) is 0 Å². The predicted octanol–water partition coefficient (Wildman–Crippen LogP) is 5.99. The highest BCUT2D eigenvalue weighted by Crippen LogP contribution is 2.29. The summed E-state index contributed by atoms with van der Waals surface area (Å²) in [6.45, 7) is 11.3. The van der Waals surface area contributed by atoms with Gasteiger partial charge in [0.2, 0.25) is 0 Å². The van der Waals surface area contributed by atoms with E-state index in [1.54, 1.807) is 18.6 Å². The number of pyridine rings is 2. The molecule has 5 nitrogen and oxygen atoms in total. The van der Waals surface area contributed by atoms with E-state index in [1.807, 2.05) is 43.4 Å². The van der Waals surface area contributed by atoms with Crippen molar-refractivity contribution in [2.24, 2.45) is 4.99 Å². The molecule has 0 fully saturated rings. The fourth-order valence-corrected chi connectivity index (χ4v) is 4.17. The zero-order valence-corrected chi connectivity index (χ0v) is 19.8. The van der Waals surface area contributed by atoms with E-state index in [9.17, 15) is 0 Å². The summed E-state index contributed by atoms with van der Waals surface area (Å²) in [6.07, 6.45) is 5.31. The Morgan fingerprint density at radius 1 is 1.19 bits per heavy atom. The van der Waals surface area contributed by atoms with Gasteiger partial charge in [0.05, 0.1) is 16.4 Å². The number of hydrogen-bond donors (Lipinski definition) is 1. The summed E-state index contributed by atoms with van der Waals surface area (Å²) >= 11 is 7.81. The van der Waals surface area contributed by atoms with Gasteiger partial charge in [0.25, 0.3) is 0 Å². The van der Waals surface area contributed by atoms with Gasteiger partial charge in [-0.1, -0.05) is 36.4 Å². The smallest absolute Gasteiger partial charge is 0.0888 e. The zero-order chi connectivity index (χ0) is 22.9. The molecule has 3 rings (SSSR count). The van der Waals surface area contributed by atoms with Crippen LogP contribution >= 0.6 is 23.5 Å². The largest absolute Gasteiger partial charge is 0.326 e. The summed E-state index contributed by atoms with van der Waals surface area (Å²) in [5.74, 6) is 0. The fraction of sp³-hybridized carbons (Fsp3) is 0.160. The molecule has 0 aliphatic carbocycles. The Hall–Kier alpha value is -2.93. The maximum absolute atomic E-state index is 6.34. The number of nitrogens with zero attached hydrogens (tertiary/aromatic N) is 4. The highest BCUT2D eigenvalue weighted by Gasteiger charge is 2.11. The first-order valence-electron chi connectivity index (χ1n) is 10.0. The van der Waals surface area contributed by atoms with E-state index in [1.165, 1.54) is 11.9 Å². The van der Waals surface area contributed by atoms with E-state index < -0.39 is 0 Å². The lowest BCUT2D eigenvalue weighted by molar-refractivity contribution is 0.356. The number of halogens is 1. The molecule has 1 N–H and O–H groups in total. The van der Waals surface area contributed by atoms with E-state index in [0.29, 0.717) is 11.6 Å². The first kappa shape index (κ1) is 23.7. The molecule has 0 atom stereocenters. The van der Waals surface area contributed by atoms with Gasteiger partial charge in [-0.05, 0) is 68.5 Å². The molecule has 32 heavy (non-hydrogen) atoms. The molecule has 3 aromatic rings. The SMILES string of the molecule is C=N/C=C(/CN(C)Cc1ccccn1)SNC(=C)c1cc(-c2ncccc2Cl)ccc1C. The minimum absolute atomic E-state index is 0.619. The first-order valence-corrected chi connectivity index (χ1v) is 11.2. The van der Waals surface area contributed by atoms with Crippen molar-refractivity contribution in [2.45, 2.75) is 13.5 Å². The number of nitrogens with one attached hydrogen (secondary N) is 1. The lowest BCUT2D eigenvalue weighted by atomic mass is 10.0. The van der Waals surface area contributed by atoms with Gasteiger partial charge in [-0.3, -0.25) is 19.9 Å². The highest BCUT2D eigenvalue weighted by atomic mass is 35.5. The van der Waals surface area contributed by atoms with Gasteiger partial charge < -0.3 is 4.72 Å². The fourth-order valence-electron chi connectivity index (χ4n) is 3.17. The molecular weight excluding hydrogens is 438 g/mol. The van der Waals surface area contributed by atoms with E-state index in [2.05, 4.69) is 56.9 Å². The Labute approximate surface area is 199 Å². The Morgan fingerprint density at radius 3 is 2.72 bits per heavy atom. The van der Waals surface area contributed by atoms with Crippen LogP contribution in [0.1, 0.15) is 16.8 Å². The van der Waals surface area contributed by atoms with Crippen molar-refractivity contribution in [3.05, 3.63) is 100 Å². The summed E-state index contributed by atoms with van der Waals surface area (Å²) < 4.78 is 3.36. The second-order valence-electron chi connectivity index (χ2n) is 7.32. The van der Waals surface area contributed by atoms with Crippen LogP contribution in [0.25, 0.3) is 17.0 Å². The monoisotopic (exact) mass is 463 g/mol. The van der Waals surface area contributed by atoms with Crippen molar-refractivity contribution < 1.29 is 0 Å². The van der Waals surface area contributed by atoms with Crippen LogP contribution in [0.4, 0.5) is 0 Å². The van der Waals surface area contributed by atoms with Crippen molar-refractivity contribution in [1.82, 2.24) is 19.6 Å². The van der Waals surface area contributed by atoms with Gasteiger partial charge in [0.15, 0.2) is 0 Å². The molecule has 0 saturated carbocycles. The molecule has 7 heteroatoms. The molecule has 0 spiro atoms. The van der Waals surface area contributed by atoms with Crippen molar-refractivity contribution in [1.29, 1.82) is 0 Å². The van der Waals surface area contributed by atoms with Gasteiger partial charge in [0, 0.05) is 53.4 Å². The number of rotatable bonds is 10. The average molecular weight is 464 g/mol. The predicted molar refractivity (Wildman–Crippen MR) is 137 cm³/mol. The number of aromatic nitrogens is 2. The standard InChI is InChI=1S/C25H26ClN5S/c1-18-10-11-20(25-24(26)9-7-13-29-25)14-23(18)19(2)30-32-22(15-27-3)17-31(4)16-21-8-5-6-12-28-21/h5-15,30H,2-3,16-17H2,1,4H3/b22-15-. The van der Waals surface area contributed by atoms with E-state index in [0.717, 1.165) is 45.2 Å². The van der Waals surface area contributed by atoms with Crippen LogP contribution in [0, 0.1) is 6.92 Å². The summed E-state index contributed by atoms with van der Waals surface area (Å²) in [7, 11) is 2.05. The molecule has 2 heterocycles. The molecule has 2 aromatic heterocycles. The minimum atomic E-state index is 0.619. The molecule has 0 bridgehead atoms. The molecule has 0 saturated heterocycles. The molecule has 0 radical (unpaired) electrons. The van der Waals surface area contributed by atoms with Gasteiger partial charge in [0.1, 0.15) is 0 Å². The highest BCUT2D eigenvalue weighted by molar-refractivity contribution is 8.01. The van der Waals surface area contributed by atoms with E-state index in [4.69, 9.17) is 11.6 Å². The van der Waals surface area contributed by atoms with Crippen LogP contribution in [0.3, 0.4) is 0 Å². The third-order valence-electron chi connectivity index (χ3n) is 4.72. The van der Waals surface area contributed by atoms with Crippen molar-refractivity contribution >= 4 is 36.0 Å². The van der Waals surface area contributed by atoms with Crippen LogP contribution in [-0.2, 0) is 6.54 Å². The molecule has 164 valence electrons. The van der Waals surface area contributed by atoms with E-state index in [-0.39, 0.29) is 0 Å². The van der Waals surface area contributed by atoms with Crippen molar-refractivity contribution in [2.75, 3.05) is 13.6 Å². The quantitative estimate of drug-likeness (QED) is 0.295. The van der Waals surface area contributed by atoms with Gasteiger partial charge in [-0.15, -0.1) is 0 Å². The summed E-state index contributed by atoms with van der Waals surface area (Å²) in [6, 6.07) is 15.7. The molecular formula is C25H26ClN5S. The average Bonchev–Trinajstić information content (AvgIpc) is 2.79. The number of hydrogen-bond acceptors (Lipinski definition) is 6. The van der Waals surface area contributed by atoms with Crippen LogP contribution in [0.2, 0.25) is 5.02 Å². The molecule has 0 unspecified atom stereocenters. The second-order valence-corrected chi connectivity index (χ2v) is 8.66. The Balaban J connectivity index is 1.67. The third kappa shape index (κ3) is 6.53. The Kier molecular flexibility index (Phi) is 8.62. The molecule has 1 aromatic carbocycles. The minimum Gasteiger partial charge on any atom is -0.326 e. The number of benzene rings is 1. The number of likely N-dealkylation sites (N-methyl/N-ethyl adjacent to an activating group) is 1. The van der Waals surface area contributed by atoms with Crippen molar-refractivity contribution in [3.8, 4) is 11.3 Å².